The maximum atomic E-state index is 11.3. The zero-order chi connectivity index (χ0) is 15.4. The van der Waals surface area contributed by atoms with Gasteiger partial charge in [0.25, 0.3) is 0 Å². The summed E-state index contributed by atoms with van der Waals surface area (Å²) in [5.74, 6) is 0.472. The zero-order valence-electron chi connectivity index (χ0n) is 11.7. The highest BCUT2D eigenvalue weighted by Gasteiger charge is 2.15. The first kappa shape index (κ1) is 14.4. The second kappa shape index (κ2) is 6.46. The number of ether oxygens (including phenoxy) is 1. The van der Waals surface area contributed by atoms with Gasteiger partial charge in [0.15, 0.2) is 0 Å². The van der Waals surface area contributed by atoms with Crippen molar-refractivity contribution in [3.8, 4) is 28.0 Å². The Balaban J connectivity index is 2.21. The molecule has 3 heteroatoms. The van der Waals surface area contributed by atoms with Crippen LogP contribution in [-0.2, 0) is 0 Å². The molecule has 0 fully saturated rings. The minimum atomic E-state index is -0.847. The number of rotatable bonds is 3. The predicted octanol–water partition coefficient (Wildman–Crippen LogP) is 5.76. The fraction of sp³-hybridized carbons (Fsp3) is 0. The highest BCUT2D eigenvalue weighted by molar-refractivity contribution is 6.61. The summed E-state index contributed by atoms with van der Waals surface area (Å²) >= 11 is 5.47. The van der Waals surface area contributed by atoms with E-state index >= 15 is 0 Å². The molecular weight excluding hydrogens is 296 g/mol. The smallest absolute Gasteiger partial charge is 0.409 e. The van der Waals surface area contributed by atoms with Gasteiger partial charge in [-0.05, 0) is 11.1 Å². The largest absolute Gasteiger partial charge is 0.413 e. The molecule has 0 amide bonds. The van der Waals surface area contributed by atoms with Crippen molar-refractivity contribution in [2.75, 3.05) is 0 Å². The quantitative estimate of drug-likeness (QED) is 0.575. The molecular formula is C19H13ClO2. The summed E-state index contributed by atoms with van der Waals surface area (Å²) < 4.78 is 5.31. The van der Waals surface area contributed by atoms with Crippen molar-refractivity contribution in [2.45, 2.75) is 0 Å². The number of benzene rings is 3. The third-order valence-electron chi connectivity index (χ3n) is 3.37. The lowest BCUT2D eigenvalue weighted by atomic mass is 9.97. The molecule has 0 saturated heterocycles. The van der Waals surface area contributed by atoms with Crippen LogP contribution in [0.15, 0.2) is 78.9 Å². The Bertz CT molecular complexity index is 725. The number of para-hydroxylation sites is 1. The van der Waals surface area contributed by atoms with Gasteiger partial charge in [-0.2, -0.15) is 0 Å². The minimum absolute atomic E-state index is 0.472. The molecule has 3 rings (SSSR count). The summed E-state index contributed by atoms with van der Waals surface area (Å²) in [4.78, 5) is 11.3. The van der Waals surface area contributed by atoms with E-state index in [1.54, 1.807) is 0 Å². The number of hydrogen-bond acceptors (Lipinski definition) is 2. The lowest BCUT2D eigenvalue weighted by Gasteiger charge is -2.14. The van der Waals surface area contributed by atoms with Crippen LogP contribution in [0.5, 0.6) is 5.75 Å². The second-order valence-electron chi connectivity index (χ2n) is 4.75. The maximum absolute atomic E-state index is 11.3. The molecule has 3 aromatic rings. The van der Waals surface area contributed by atoms with Crippen LogP contribution >= 0.6 is 11.6 Å². The van der Waals surface area contributed by atoms with Crippen molar-refractivity contribution in [1.29, 1.82) is 0 Å². The third-order valence-corrected chi connectivity index (χ3v) is 3.44. The average molecular weight is 309 g/mol. The lowest BCUT2D eigenvalue weighted by Crippen LogP contribution is -2.00. The normalized spacial score (nSPS) is 10.2. The molecule has 3 aromatic carbocycles. The van der Waals surface area contributed by atoms with Crippen LogP contribution < -0.4 is 4.74 Å². The molecule has 0 N–H and O–H groups in total. The molecule has 2 nitrogen and oxygen atoms in total. The van der Waals surface area contributed by atoms with Gasteiger partial charge in [-0.1, -0.05) is 78.9 Å². The van der Waals surface area contributed by atoms with Crippen LogP contribution in [0.25, 0.3) is 22.3 Å². The van der Waals surface area contributed by atoms with Crippen LogP contribution in [0.3, 0.4) is 0 Å². The highest BCUT2D eigenvalue weighted by atomic mass is 35.5. The van der Waals surface area contributed by atoms with Crippen molar-refractivity contribution in [2.24, 2.45) is 0 Å². The summed E-state index contributed by atoms with van der Waals surface area (Å²) in [6, 6.07) is 25.3. The Hall–Kier alpha value is -2.58. The summed E-state index contributed by atoms with van der Waals surface area (Å²) in [6.07, 6.45) is 0. The van der Waals surface area contributed by atoms with Gasteiger partial charge in [0.05, 0.1) is 0 Å². The van der Waals surface area contributed by atoms with E-state index in [9.17, 15) is 4.79 Å². The van der Waals surface area contributed by atoms with Gasteiger partial charge in [0, 0.05) is 22.7 Å². The Morgan fingerprint density at radius 1 is 0.682 bits per heavy atom. The first-order chi connectivity index (χ1) is 10.8. The van der Waals surface area contributed by atoms with Crippen molar-refractivity contribution in [1.82, 2.24) is 0 Å². The fourth-order valence-corrected chi connectivity index (χ4v) is 2.49. The highest BCUT2D eigenvalue weighted by Crippen LogP contribution is 2.39. The Labute approximate surface area is 133 Å². The fourth-order valence-electron chi connectivity index (χ4n) is 2.42. The molecule has 0 aliphatic heterocycles. The molecule has 0 spiro atoms. The van der Waals surface area contributed by atoms with E-state index in [0.717, 1.165) is 22.3 Å². The number of carbonyl (C=O) groups excluding carboxylic acids is 1. The topological polar surface area (TPSA) is 26.3 Å². The van der Waals surface area contributed by atoms with Crippen molar-refractivity contribution in [3.05, 3.63) is 78.9 Å². The molecule has 22 heavy (non-hydrogen) atoms. The van der Waals surface area contributed by atoms with Crippen molar-refractivity contribution in [3.63, 3.8) is 0 Å². The van der Waals surface area contributed by atoms with E-state index in [-0.39, 0.29) is 0 Å². The first-order valence-corrected chi connectivity index (χ1v) is 7.24. The molecule has 0 saturated carbocycles. The van der Waals surface area contributed by atoms with Gasteiger partial charge in [-0.25, -0.2) is 4.79 Å². The molecule has 0 aliphatic carbocycles. The summed E-state index contributed by atoms with van der Waals surface area (Å²) in [5, 5.41) is 0. The first-order valence-electron chi connectivity index (χ1n) is 6.87. The van der Waals surface area contributed by atoms with Crippen molar-refractivity contribution >= 4 is 17.0 Å². The number of hydrogen-bond donors (Lipinski definition) is 0. The van der Waals surface area contributed by atoms with Gasteiger partial charge in [0.2, 0.25) is 0 Å². The van der Waals surface area contributed by atoms with E-state index in [4.69, 9.17) is 16.3 Å². The molecule has 0 bridgehead atoms. The monoisotopic (exact) mass is 308 g/mol. The molecule has 0 unspecified atom stereocenters. The molecule has 0 radical (unpaired) electrons. The van der Waals surface area contributed by atoms with E-state index in [0.29, 0.717) is 5.75 Å². The molecule has 0 heterocycles. The van der Waals surface area contributed by atoms with Gasteiger partial charge in [0.1, 0.15) is 5.75 Å². The number of carbonyl (C=O) groups is 1. The predicted molar refractivity (Wildman–Crippen MR) is 89.2 cm³/mol. The summed E-state index contributed by atoms with van der Waals surface area (Å²) in [6.45, 7) is 0. The zero-order valence-corrected chi connectivity index (χ0v) is 12.5. The second-order valence-corrected chi connectivity index (χ2v) is 5.06. The Morgan fingerprint density at radius 2 is 1.14 bits per heavy atom. The molecule has 108 valence electrons. The lowest BCUT2D eigenvalue weighted by molar-refractivity contribution is 0.226. The Kier molecular flexibility index (Phi) is 4.22. The van der Waals surface area contributed by atoms with Gasteiger partial charge < -0.3 is 4.74 Å². The van der Waals surface area contributed by atoms with Crippen molar-refractivity contribution < 1.29 is 9.53 Å². The summed E-state index contributed by atoms with van der Waals surface area (Å²) in [5.41, 5.74) is 2.74. The van der Waals surface area contributed by atoms with E-state index in [1.165, 1.54) is 0 Å². The molecule has 0 aromatic heterocycles. The van der Waals surface area contributed by atoms with Gasteiger partial charge in [-0.3, -0.25) is 0 Å². The van der Waals surface area contributed by atoms with E-state index in [2.05, 4.69) is 0 Å². The third kappa shape index (κ3) is 3.02. The molecule has 0 aliphatic rings. The summed E-state index contributed by atoms with van der Waals surface area (Å²) in [7, 11) is 0. The SMILES string of the molecule is O=C(Cl)Oc1c(-c2ccccc2)cccc1-c1ccccc1. The minimum Gasteiger partial charge on any atom is -0.413 e. The molecule has 0 atom stereocenters. The maximum Gasteiger partial charge on any atom is 0.409 e. The van der Waals surface area contributed by atoms with Gasteiger partial charge >= 0.3 is 5.43 Å². The average Bonchev–Trinajstić information content (AvgIpc) is 2.56. The van der Waals surface area contributed by atoms with Crippen LogP contribution in [0, 0.1) is 0 Å². The number of halogens is 1. The van der Waals surface area contributed by atoms with Crippen LogP contribution in [0.1, 0.15) is 0 Å². The van der Waals surface area contributed by atoms with Crippen LogP contribution in [-0.4, -0.2) is 5.43 Å². The van der Waals surface area contributed by atoms with Crippen LogP contribution in [0.2, 0.25) is 0 Å². The van der Waals surface area contributed by atoms with Crippen LogP contribution in [0.4, 0.5) is 4.79 Å². The van der Waals surface area contributed by atoms with Gasteiger partial charge in [-0.15, -0.1) is 0 Å². The Morgan fingerprint density at radius 3 is 1.55 bits per heavy atom. The van der Waals surface area contributed by atoms with E-state index in [1.807, 2.05) is 78.9 Å². The van der Waals surface area contributed by atoms with E-state index < -0.39 is 5.43 Å². The standard InChI is InChI=1S/C19H13ClO2/c20-19(21)22-18-16(14-8-3-1-4-9-14)12-7-13-17(18)15-10-5-2-6-11-15/h1-13H.